The highest BCUT2D eigenvalue weighted by Gasteiger charge is 2.12. The van der Waals surface area contributed by atoms with Gasteiger partial charge in [0.2, 0.25) is 5.88 Å². The number of nitrogens with zero attached hydrogens (tertiary/aromatic N) is 2. The third-order valence-electron chi connectivity index (χ3n) is 3.19. The Morgan fingerprint density at radius 2 is 2.05 bits per heavy atom. The highest BCUT2D eigenvalue weighted by atomic mass is 79.9. The van der Waals surface area contributed by atoms with Gasteiger partial charge in [-0.2, -0.15) is 0 Å². The van der Waals surface area contributed by atoms with Crippen LogP contribution in [0.15, 0.2) is 29.0 Å². The Balaban J connectivity index is 2.34. The fourth-order valence-electron chi connectivity index (χ4n) is 1.91. The monoisotopic (exact) mass is 349 g/mol. The average Bonchev–Trinajstić information content (AvgIpc) is 2.45. The Bertz CT molecular complexity index is 629. The molecule has 1 N–H and O–H groups in total. The molecule has 0 atom stereocenters. The molecule has 0 aliphatic rings. The van der Waals surface area contributed by atoms with Gasteiger partial charge < -0.3 is 10.1 Å². The van der Waals surface area contributed by atoms with E-state index in [1.54, 1.807) is 0 Å². The van der Waals surface area contributed by atoms with Crippen molar-refractivity contribution in [1.82, 2.24) is 9.97 Å². The van der Waals surface area contributed by atoms with Crippen LogP contribution in [0, 0.1) is 6.92 Å². The molecule has 2 aromatic rings. The molecule has 0 radical (unpaired) electrons. The molecule has 21 heavy (non-hydrogen) atoms. The maximum atomic E-state index is 5.98. The molecule has 1 aromatic carbocycles. The average molecular weight is 350 g/mol. The molecule has 0 aliphatic carbocycles. The molecule has 0 amide bonds. The predicted molar refractivity (Wildman–Crippen MR) is 89.2 cm³/mol. The summed E-state index contributed by atoms with van der Waals surface area (Å²) in [5.41, 5.74) is 2.32. The fourth-order valence-corrected chi connectivity index (χ4v) is 2.33. The van der Waals surface area contributed by atoms with Crippen LogP contribution < -0.4 is 10.1 Å². The van der Waals surface area contributed by atoms with Gasteiger partial charge >= 0.3 is 0 Å². The second-order valence-corrected chi connectivity index (χ2v) is 5.95. The van der Waals surface area contributed by atoms with Gasteiger partial charge in [-0.1, -0.05) is 26.0 Å². The zero-order chi connectivity index (χ0) is 15.4. The van der Waals surface area contributed by atoms with E-state index in [0.717, 1.165) is 28.1 Å². The van der Waals surface area contributed by atoms with Gasteiger partial charge in [-0.3, -0.25) is 0 Å². The number of hydrogen-bond acceptors (Lipinski definition) is 4. The fraction of sp³-hybridized carbons (Fsp3) is 0.375. The van der Waals surface area contributed by atoms with Crippen LogP contribution in [0.1, 0.15) is 37.8 Å². The van der Waals surface area contributed by atoms with E-state index in [4.69, 9.17) is 4.74 Å². The molecule has 112 valence electrons. The van der Waals surface area contributed by atoms with E-state index in [1.165, 1.54) is 11.9 Å². The zero-order valence-electron chi connectivity index (χ0n) is 12.8. The molecule has 1 aromatic heterocycles. The van der Waals surface area contributed by atoms with Gasteiger partial charge in [-0.25, -0.2) is 9.97 Å². The Morgan fingerprint density at radius 1 is 1.29 bits per heavy atom. The van der Waals surface area contributed by atoms with Crippen LogP contribution >= 0.6 is 15.9 Å². The molecule has 1 heterocycles. The van der Waals surface area contributed by atoms with Gasteiger partial charge in [0.05, 0.1) is 0 Å². The van der Waals surface area contributed by atoms with Gasteiger partial charge in [0.15, 0.2) is 0 Å². The molecule has 0 saturated carbocycles. The van der Waals surface area contributed by atoms with Gasteiger partial charge in [0.1, 0.15) is 22.4 Å². The summed E-state index contributed by atoms with van der Waals surface area (Å²) in [5.74, 6) is 2.53. The van der Waals surface area contributed by atoms with Crippen LogP contribution in [-0.2, 0) is 0 Å². The van der Waals surface area contributed by atoms with Crippen LogP contribution in [0.25, 0.3) is 0 Å². The van der Waals surface area contributed by atoms with Crippen molar-refractivity contribution in [2.75, 3.05) is 11.9 Å². The van der Waals surface area contributed by atoms with Crippen molar-refractivity contribution in [3.05, 3.63) is 40.1 Å². The summed E-state index contributed by atoms with van der Waals surface area (Å²) in [6, 6.07) is 6.28. The maximum Gasteiger partial charge on any atom is 0.238 e. The summed E-state index contributed by atoms with van der Waals surface area (Å²) < 4.78 is 6.72. The largest absolute Gasteiger partial charge is 0.437 e. The quantitative estimate of drug-likeness (QED) is 0.834. The van der Waals surface area contributed by atoms with Gasteiger partial charge in [-0.15, -0.1) is 0 Å². The molecule has 0 unspecified atom stereocenters. The first-order valence-corrected chi connectivity index (χ1v) is 7.85. The maximum absolute atomic E-state index is 5.98. The van der Waals surface area contributed by atoms with E-state index < -0.39 is 0 Å². The van der Waals surface area contributed by atoms with Crippen molar-refractivity contribution < 1.29 is 4.74 Å². The lowest BCUT2D eigenvalue weighted by Crippen LogP contribution is -2.02. The second-order valence-electron chi connectivity index (χ2n) is 5.15. The zero-order valence-corrected chi connectivity index (χ0v) is 14.4. The summed E-state index contributed by atoms with van der Waals surface area (Å²) in [6.45, 7) is 9.17. The number of nitrogens with one attached hydrogen (secondary N) is 1. The topological polar surface area (TPSA) is 47.0 Å². The molecule has 5 heteroatoms. The van der Waals surface area contributed by atoms with E-state index in [1.807, 2.05) is 13.8 Å². The van der Waals surface area contributed by atoms with Gasteiger partial charge in [-0.05, 0) is 52.9 Å². The van der Waals surface area contributed by atoms with Gasteiger partial charge in [0, 0.05) is 6.54 Å². The molecule has 0 bridgehead atoms. The first-order valence-electron chi connectivity index (χ1n) is 7.05. The van der Waals surface area contributed by atoms with Crippen LogP contribution in [0.4, 0.5) is 5.82 Å². The summed E-state index contributed by atoms with van der Waals surface area (Å²) >= 11 is 3.50. The summed E-state index contributed by atoms with van der Waals surface area (Å²) in [7, 11) is 0. The highest BCUT2D eigenvalue weighted by Crippen LogP contribution is 2.34. The van der Waals surface area contributed by atoms with Crippen molar-refractivity contribution in [3.8, 4) is 11.6 Å². The van der Waals surface area contributed by atoms with Crippen molar-refractivity contribution in [2.45, 2.75) is 33.6 Å². The first kappa shape index (κ1) is 15.8. The molecule has 0 saturated heterocycles. The van der Waals surface area contributed by atoms with Crippen LogP contribution in [-0.4, -0.2) is 16.5 Å². The summed E-state index contributed by atoms with van der Waals surface area (Å²) in [5, 5.41) is 3.17. The Labute approximate surface area is 134 Å². The van der Waals surface area contributed by atoms with Crippen molar-refractivity contribution in [2.24, 2.45) is 0 Å². The van der Waals surface area contributed by atoms with E-state index in [9.17, 15) is 0 Å². The van der Waals surface area contributed by atoms with E-state index in [-0.39, 0.29) is 0 Å². The number of halogens is 1. The van der Waals surface area contributed by atoms with E-state index >= 15 is 0 Å². The van der Waals surface area contributed by atoms with Crippen LogP contribution in [0.2, 0.25) is 0 Å². The number of anilines is 1. The Hall–Kier alpha value is -1.62. The molecule has 2 rings (SSSR count). The molecule has 0 fully saturated rings. The van der Waals surface area contributed by atoms with Crippen LogP contribution in [0.3, 0.4) is 0 Å². The number of benzene rings is 1. The number of rotatable bonds is 5. The lowest BCUT2D eigenvalue weighted by molar-refractivity contribution is 0.454. The van der Waals surface area contributed by atoms with Crippen LogP contribution in [0.5, 0.6) is 11.6 Å². The molecule has 0 aliphatic heterocycles. The number of ether oxygens (including phenoxy) is 1. The standard InChI is InChI=1S/C16H20BrN3O/c1-5-18-15-14(17)16(20-9-19-15)21-13-8-12(10(2)3)7-6-11(13)4/h6-10H,5H2,1-4H3,(H,18,19,20). The lowest BCUT2D eigenvalue weighted by Gasteiger charge is -2.14. The summed E-state index contributed by atoms with van der Waals surface area (Å²) in [4.78, 5) is 8.40. The van der Waals surface area contributed by atoms with E-state index in [2.05, 4.69) is 63.3 Å². The molecule has 4 nitrogen and oxygen atoms in total. The van der Waals surface area contributed by atoms with Crippen molar-refractivity contribution >= 4 is 21.7 Å². The normalized spacial score (nSPS) is 10.8. The predicted octanol–water partition coefficient (Wildman–Crippen LogP) is 4.90. The Kier molecular flexibility index (Phi) is 5.17. The van der Waals surface area contributed by atoms with Crippen molar-refractivity contribution in [3.63, 3.8) is 0 Å². The third-order valence-corrected chi connectivity index (χ3v) is 3.90. The highest BCUT2D eigenvalue weighted by molar-refractivity contribution is 9.10. The van der Waals surface area contributed by atoms with Crippen molar-refractivity contribution in [1.29, 1.82) is 0 Å². The van der Waals surface area contributed by atoms with E-state index in [0.29, 0.717) is 11.8 Å². The molecular weight excluding hydrogens is 330 g/mol. The minimum atomic E-state index is 0.458. The SMILES string of the molecule is CCNc1ncnc(Oc2cc(C(C)C)ccc2C)c1Br. The number of aromatic nitrogens is 2. The lowest BCUT2D eigenvalue weighted by atomic mass is 10.0. The second kappa shape index (κ2) is 6.89. The smallest absolute Gasteiger partial charge is 0.238 e. The minimum absolute atomic E-state index is 0.458. The third kappa shape index (κ3) is 3.73. The first-order chi connectivity index (χ1) is 10.0. The molecule has 0 spiro atoms. The minimum Gasteiger partial charge on any atom is -0.437 e. The number of hydrogen-bond donors (Lipinski definition) is 1. The Morgan fingerprint density at radius 3 is 2.71 bits per heavy atom. The summed E-state index contributed by atoms with van der Waals surface area (Å²) in [6.07, 6.45) is 1.50. The number of aryl methyl sites for hydroxylation is 1. The van der Waals surface area contributed by atoms with Gasteiger partial charge in [0.25, 0.3) is 0 Å². The molecular formula is C16H20BrN3O.